The molecule has 0 amide bonds. The lowest BCUT2D eigenvalue weighted by Crippen LogP contribution is -1.94. The van der Waals surface area contributed by atoms with Crippen molar-refractivity contribution in [2.75, 3.05) is 0 Å². The molecule has 0 atom stereocenters. The van der Waals surface area contributed by atoms with Gasteiger partial charge in [-0.2, -0.15) is 0 Å². The van der Waals surface area contributed by atoms with Crippen LogP contribution in [-0.4, -0.2) is 20.1 Å². The number of nitro groups is 2. The maximum absolute atomic E-state index is 11.0. The van der Waals surface area contributed by atoms with Crippen LogP contribution in [0.3, 0.4) is 0 Å². The highest BCUT2D eigenvalue weighted by atomic mass is 16.6. The van der Waals surface area contributed by atoms with Gasteiger partial charge in [-0.25, -0.2) is 0 Å². The van der Waals surface area contributed by atoms with Crippen molar-refractivity contribution in [1.29, 1.82) is 0 Å². The topological polar surface area (TPSA) is 127 Å². The second kappa shape index (κ2) is 5.92. The van der Waals surface area contributed by atoms with Gasteiger partial charge in [-0.05, 0) is 29.8 Å². The third-order valence-corrected chi connectivity index (χ3v) is 2.88. The van der Waals surface area contributed by atoms with E-state index in [9.17, 15) is 30.4 Å². The summed E-state index contributed by atoms with van der Waals surface area (Å²) in [5.41, 5.74) is -0.0781. The molecule has 0 fully saturated rings. The van der Waals surface area contributed by atoms with E-state index in [1.165, 1.54) is 42.5 Å². The van der Waals surface area contributed by atoms with E-state index in [4.69, 9.17) is 0 Å². The average molecular weight is 302 g/mol. The maximum Gasteiger partial charge on any atom is 0.283 e. The Bertz CT molecular complexity index is 785. The number of nitro benzene ring substituents is 2. The molecule has 0 aliphatic rings. The fourth-order valence-electron chi connectivity index (χ4n) is 1.77. The summed E-state index contributed by atoms with van der Waals surface area (Å²) in [6.45, 7) is 0. The van der Waals surface area contributed by atoms with Crippen molar-refractivity contribution in [3.63, 3.8) is 0 Å². The van der Waals surface area contributed by atoms with Crippen LogP contribution in [0.2, 0.25) is 0 Å². The molecule has 112 valence electrons. The number of phenols is 2. The van der Waals surface area contributed by atoms with Crippen molar-refractivity contribution in [3.8, 4) is 11.5 Å². The molecule has 0 aliphatic heterocycles. The third kappa shape index (κ3) is 3.18. The van der Waals surface area contributed by atoms with Crippen molar-refractivity contribution < 1.29 is 20.1 Å². The largest absolute Gasteiger partial charge is 0.504 e. The van der Waals surface area contributed by atoms with Gasteiger partial charge in [-0.3, -0.25) is 20.2 Å². The van der Waals surface area contributed by atoms with E-state index in [2.05, 4.69) is 0 Å². The average Bonchev–Trinajstić information content (AvgIpc) is 2.48. The Kier molecular flexibility index (Phi) is 4.03. The quantitative estimate of drug-likeness (QED) is 0.386. The van der Waals surface area contributed by atoms with E-state index in [-0.39, 0.29) is 22.7 Å². The van der Waals surface area contributed by atoms with E-state index in [1.54, 1.807) is 0 Å². The summed E-state index contributed by atoms with van der Waals surface area (Å²) in [5, 5.41) is 40.2. The molecule has 0 saturated carbocycles. The summed E-state index contributed by atoms with van der Waals surface area (Å²) in [4.78, 5) is 20.2. The van der Waals surface area contributed by atoms with Crippen molar-refractivity contribution in [3.05, 3.63) is 67.8 Å². The number of phenolic OH excluding ortho intramolecular Hbond substituents is 2. The van der Waals surface area contributed by atoms with Gasteiger partial charge in [0, 0.05) is 6.07 Å². The molecule has 0 aromatic heterocycles. The second-order valence-corrected chi connectivity index (χ2v) is 4.34. The minimum atomic E-state index is -0.710. The lowest BCUT2D eigenvalue weighted by molar-refractivity contribution is -0.394. The van der Waals surface area contributed by atoms with E-state index in [1.807, 2.05) is 0 Å². The molecule has 0 saturated heterocycles. The van der Waals surface area contributed by atoms with Crippen LogP contribution in [0.25, 0.3) is 12.2 Å². The lowest BCUT2D eigenvalue weighted by atomic mass is 10.1. The van der Waals surface area contributed by atoms with Crippen LogP contribution in [0, 0.1) is 20.2 Å². The number of benzene rings is 2. The van der Waals surface area contributed by atoms with Crippen LogP contribution in [0.5, 0.6) is 11.5 Å². The molecule has 0 bridgehead atoms. The van der Waals surface area contributed by atoms with Gasteiger partial charge in [0.25, 0.3) is 11.4 Å². The molecule has 0 aliphatic carbocycles. The molecule has 2 rings (SSSR count). The Labute approximate surface area is 123 Å². The van der Waals surface area contributed by atoms with Crippen molar-refractivity contribution >= 4 is 23.5 Å². The lowest BCUT2D eigenvalue weighted by Gasteiger charge is -2.00. The Morgan fingerprint density at radius 3 is 2.18 bits per heavy atom. The zero-order valence-electron chi connectivity index (χ0n) is 11.0. The molecule has 0 unspecified atom stereocenters. The zero-order valence-corrected chi connectivity index (χ0v) is 11.0. The monoisotopic (exact) mass is 302 g/mol. The molecule has 0 radical (unpaired) electrons. The Balaban J connectivity index is 2.39. The fourth-order valence-corrected chi connectivity index (χ4v) is 1.77. The van der Waals surface area contributed by atoms with Crippen LogP contribution in [-0.2, 0) is 0 Å². The first-order valence-electron chi connectivity index (χ1n) is 6.01. The number of nitrogens with zero attached hydrogens (tertiary/aromatic N) is 2. The van der Waals surface area contributed by atoms with Crippen LogP contribution < -0.4 is 0 Å². The Morgan fingerprint density at radius 1 is 0.864 bits per heavy atom. The minimum Gasteiger partial charge on any atom is -0.504 e. The predicted octanol–water partition coefficient (Wildman–Crippen LogP) is 3.08. The Morgan fingerprint density at radius 2 is 1.59 bits per heavy atom. The van der Waals surface area contributed by atoms with Gasteiger partial charge in [-0.1, -0.05) is 12.1 Å². The standard InChI is InChI=1S/C14H10N2O6/c17-13-6-2-9(7-14(13)18)1-3-10-4-5-11(15(19)20)8-12(10)16(21)22/h1-8,17-18H/b3-1+. The molecule has 0 spiro atoms. The first-order chi connectivity index (χ1) is 10.4. The van der Waals surface area contributed by atoms with Gasteiger partial charge in [-0.15, -0.1) is 0 Å². The molecular weight excluding hydrogens is 292 g/mol. The summed E-state index contributed by atoms with van der Waals surface area (Å²) in [6.07, 6.45) is 2.88. The SMILES string of the molecule is O=[N+]([O-])c1ccc(/C=C/c2ccc(O)c(O)c2)c([N+](=O)[O-])c1. The molecule has 8 heteroatoms. The van der Waals surface area contributed by atoms with Crippen molar-refractivity contribution in [2.45, 2.75) is 0 Å². The summed E-state index contributed by atoms with van der Waals surface area (Å²) >= 11 is 0. The van der Waals surface area contributed by atoms with Crippen LogP contribution in [0.15, 0.2) is 36.4 Å². The third-order valence-electron chi connectivity index (χ3n) is 2.88. The number of rotatable bonds is 4. The van der Waals surface area contributed by atoms with Gasteiger partial charge in [0.2, 0.25) is 0 Å². The van der Waals surface area contributed by atoms with E-state index < -0.39 is 15.5 Å². The highest BCUT2D eigenvalue weighted by Gasteiger charge is 2.17. The number of non-ortho nitro benzene ring substituents is 1. The first kappa shape index (κ1) is 15.0. The molecule has 22 heavy (non-hydrogen) atoms. The molecule has 8 nitrogen and oxygen atoms in total. The summed E-state index contributed by atoms with van der Waals surface area (Å²) in [5.74, 6) is -0.598. The van der Waals surface area contributed by atoms with Crippen molar-refractivity contribution in [2.24, 2.45) is 0 Å². The highest BCUT2D eigenvalue weighted by molar-refractivity contribution is 5.75. The molecule has 0 heterocycles. The predicted molar refractivity (Wildman–Crippen MR) is 78.5 cm³/mol. The highest BCUT2D eigenvalue weighted by Crippen LogP contribution is 2.28. The Hall–Kier alpha value is -3.42. The molecule has 2 aromatic carbocycles. The molecular formula is C14H10N2O6. The van der Waals surface area contributed by atoms with Gasteiger partial charge >= 0.3 is 0 Å². The molecule has 2 aromatic rings. The van der Waals surface area contributed by atoms with Crippen LogP contribution >= 0.6 is 0 Å². The van der Waals surface area contributed by atoms with E-state index in [0.717, 1.165) is 6.07 Å². The summed E-state index contributed by atoms with van der Waals surface area (Å²) < 4.78 is 0. The fraction of sp³-hybridized carbons (Fsp3) is 0. The van der Waals surface area contributed by atoms with Gasteiger partial charge in [0.1, 0.15) is 0 Å². The number of hydrogen-bond donors (Lipinski definition) is 2. The smallest absolute Gasteiger partial charge is 0.283 e. The maximum atomic E-state index is 11.0. The van der Waals surface area contributed by atoms with Crippen molar-refractivity contribution in [1.82, 2.24) is 0 Å². The number of hydrogen-bond acceptors (Lipinski definition) is 6. The van der Waals surface area contributed by atoms with E-state index >= 15 is 0 Å². The minimum absolute atomic E-state index is 0.183. The second-order valence-electron chi connectivity index (χ2n) is 4.34. The van der Waals surface area contributed by atoms with Crippen LogP contribution in [0.1, 0.15) is 11.1 Å². The number of aromatic hydroxyl groups is 2. The zero-order chi connectivity index (χ0) is 16.3. The molecule has 2 N–H and O–H groups in total. The summed E-state index contributed by atoms with van der Waals surface area (Å²) in [7, 11) is 0. The van der Waals surface area contributed by atoms with Crippen LogP contribution in [0.4, 0.5) is 11.4 Å². The normalized spacial score (nSPS) is 10.7. The van der Waals surface area contributed by atoms with Gasteiger partial charge in [0.05, 0.1) is 21.5 Å². The van der Waals surface area contributed by atoms with E-state index in [0.29, 0.717) is 5.56 Å². The summed E-state index contributed by atoms with van der Waals surface area (Å²) in [6, 6.07) is 7.38. The first-order valence-corrected chi connectivity index (χ1v) is 6.01. The van der Waals surface area contributed by atoms with Gasteiger partial charge < -0.3 is 10.2 Å². The van der Waals surface area contributed by atoms with Gasteiger partial charge in [0.15, 0.2) is 11.5 Å².